The molecule has 1 saturated heterocycles. The number of hydrogen-bond acceptors (Lipinski definition) is 5. The number of piperidine rings is 1. The highest BCUT2D eigenvalue weighted by Gasteiger charge is 2.30. The SMILES string of the molecule is COc1ccc2nccc(CCC[C@@H]3CCN(CCCSc4ccc(F)cc4)C[C@@H]3CC(=O)O)c2c1. The van der Waals surface area contributed by atoms with Gasteiger partial charge in [-0.3, -0.25) is 9.78 Å². The number of methoxy groups -OCH3 is 1. The molecule has 0 unspecified atom stereocenters. The van der Waals surface area contributed by atoms with Crippen molar-refractivity contribution >= 4 is 28.6 Å². The van der Waals surface area contributed by atoms with E-state index in [-0.39, 0.29) is 18.2 Å². The smallest absolute Gasteiger partial charge is 0.303 e. The van der Waals surface area contributed by atoms with E-state index in [0.717, 1.165) is 79.0 Å². The van der Waals surface area contributed by atoms with E-state index in [1.54, 1.807) is 18.9 Å². The molecule has 1 aliphatic heterocycles. The average molecular weight is 511 g/mol. The second-order valence-corrected chi connectivity index (χ2v) is 10.8. The van der Waals surface area contributed by atoms with Crippen LogP contribution in [0.3, 0.4) is 0 Å². The Kier molecular flexibility index (Phi) is 9.59. The molecule has 1 aromatic heterocycles. The van der Waals surface area contributed by atoms with Gasteiger partial charge in [-0.2, -0.15) is 0 Å². The number of hydrogen-bond donors (Lipinski definition) is 1. The fraction of sp³-hybridized carbons (Fsp3) is 0.448. The van der Waals surface area contributed by atoms with Crippen LogP contribution in [-0.2, 0) is 11.2 Å². The zero-order chi connectivity index (χ0) is 25.3. The highest BCUT2D eigenvalue weighted by atomic mass is 32.2. The zero-order valence-electron chi connectivity index (χ0n) is 20.9. The predicted molar refractivity (Wildman–Crippen MR) is 143 cm³/mol. The van der Waals surface area contributed by atoms with Crippen molar-refractivity contribution in [2.75, 3.05) is 32.5 Å². The van der Waals surface area contributed by atoms with Crippen LogP contribution in [0, 0.1) is 17.7 Å². The Hall–Kier alpha value is -2.64. The van der Waals surface area contributed by atoms with Crippen molar-refractivity contribution in [2.45, 2.75) is 43.4 Å². The van der Waals surface area contributed by atoms with Gasteiger partial charge in [0.25, 0.3) is 0 Å². The number of carboxylic acids is 1. The molecule has 7 heteroatoms. The number of likely N-dealkylation sites (tertiary alicyclic amines) is 1. The number of fused-ring (bicyclic) bond motifs is 1. The van der Waals surface area contributed by atoms with Crippen LogP contribution in [0.2, 0.25) is 0 Å². The first-order valence-corrected chi connectivity index (χ1v) is 13.7. The van der Waals surface area contributed by atoms with E-state index < -0.39 is 5.97 Å². The van der Waals surface area contributed by atoms with Gasteiger partial charge in [0.1, 0.15) is 11.6 Å². The van der Waals surface area contributed by atoms with Crippen LogP contribution < -0.4 is 4.74 Å². The van der Waals surface area contributed by atoms with Gasteiger partial charge in [0.2, 0.25) is 0 Å². The van der Waals surface area contributed by atoms with Crippen LogP contribution in [0.4, 0.5) is 4.39 Å². The number of aromatic nitrogens is 1. The number of ether oxygens (including phenoxy) is 1. The summed E-state index contributed by atoms with van der Waals surface area (Å²) in [4.78, 5) is 19.6. The van der Waals surface area contributed by atoms with Crippen molar-refractivity contribution in [2.24, 2.45) is 11.8 Å². The lowest BCUT2D eigenvalue weighted by Crippen LogP contribution is -2.41. The molecule has 5 nitrogen and oxygen atoms in total. The Morgan fingerprint density at radius 2 is 2.00 bits per heavy atom. The fourth-order valence-electron chi connectivity index (χ4n) is 5.29. The minimum Gasteiger partial charge on any atom is -0.497 e. The van der Waals surface area contributed by atoms with Crippen LogP contribution in [-0.4, -0.2) is 53.5 Å². The van der Waals surface area contributed by atoms with Crippen molar-refractivity contribution in [3.05, 3.63) is 66.1 Å². The van der Waals surface area contributed by atoms with Crippen LogP contribution >= 0.6 is 11.8 Å². The molecule has 0 bridgehead atoms. The van der Waals surface area contributed by atoms with E-state index >= 15 is 0 Å². The first kappa shape index (κ1) is 26.4. The van der Waals surface area contributed by atoms with E-state index in [0.29, 0.717) is 5.92 Å². The molecule has 4 rings (SSSR count). The summed E-state index contributed by atoms with van der Waals surface area (Å²) in [6.45, 7) is 2.85. The zero-order valence-corrected chi connectivity index (χ0v) is 21.7. The second kappa shape index (κ2) is 13.1. The van der Waals surface area contributed by atoms with Crippen molar-refractivity contribution < 1.29 is 19.0 Å². The molecule has 1 fully saturated rings. The number of thioether (sulfide) groups is 1. The predicted octanol–water partition coefficient (Wildman–Crippen LogP) is 6.30. The molecule has 1 N–H and O–H groups in total. The summed E-state index contributed by atoms with van der Waals surface area (Å²) in [5, 5.41) is 10.7. The van der Waals surface area contributed by atoms with E-state index in [1.165, 1.54) is 17.7 Å². The number of aliphatic carboxylic acids is 1. The van der Waals surface area contributed by atoms with Gasteiger partial charge in [-0.05, 0) is 117 Å². The summed E-state index contributed by atoms with van der Waals surface area (Å²) in [7, 11) is 1.68. The molecule has 2 atom stereocenters. The average Bonchev–Trinajstić information content (AvgIpc) is 2.88. The highest BCUT2D eigenvalue weighted by Crippen LogP contribution is 2.32. The largest absolute Gasteiger partial charge is 0.497 e. The lowest BCUT2D eigenvalue weighted by atomic mass is 9.80. The minimum atomic E-state index is -0.703. The molecule has 2 heterocycles. The van der Waals surface area contributed by atoms with Gasteiger partial charge in [0.05, 0.1) is 12.6 Å². The van der Waals surface area contributed by atoms with Crippen LogP contribution in [0.5, 0.6) is 5.75 Å². The lowest BCUT2D eigenvalue weighted by Gasteiger charge is -2.38. The fourth-order valence-corrected chi connectivity index (χ4v) is 6.12. The van der Waals surface area contributed by atoms with Gasteiger partial charge in [0.15, 0.2) is 0 Å². The Morgan fingerprint density at radius 1 is 1.17 bits per heavy atom. The normalized spacial score (nSPS) is 18.4. The third kappa shape index (κ3) is 7.43. The number of aryl methyl sites for hydroxylation is 1. The van der Waals surface area contributed by atoms with Gasteiger partial charge in [-0.15, -0.1) is 11.8 Å². The molecular weight excluding hydrogens is 475 g/mol. The van der Waals surface area contributed by atoms with Gasteiger partial charge < -0.3 is 14.7 Å². The molecule has 0 aliphatic carbocycles. The molecule has 3 aromatic rings. The van der Waals surface area contributed by atoms with Crippen molar-refractivity contribution in [3.8, 4) is 5.75 Å². The monoisotopic (exact) mass is 510 g/mol. The summed E-state index contributed by atoms with van der Waals surface area (Å²) in [5.41, 5.74) is 2.24. The number of benzene rings is 2. The topological polar surface area (TPSA) is 62.7 Å². The van der Waals surface area contributed by atoms with E-state index in [1.807, 2.05) is 30.5 Å². The third-order valence-corrected chi connectivity index (χ3v) is 8.27. The minimum absolute atomic E-state index is 0.190. The van der Waals surface area contributed by atoms with Gasteiger partial charge in [0, 0.05) is 29.4 Å². The molecular formula is C29H35FN2O3S. The molecule has 192 valence electrons. The van der Waals surface area contributed by atoms with Gasteiger partial charge in [-0.25, -0.2) is 4.39 Å². The maximum Gasteiger partial charge on any atom is 0.303 e. The van der Waals surface area contributed by atoms with Crippen LogP contribution in [0.25, 0.3) is 10.9 Å². The lowest BCUT2D eigenvalue weighted by molar-refractivity contribution is -0.139. The van der Waals surface area contributed by atoms with Gasteiger partial charge >= 0.3 is 5.97 Å². The van der Waals surface area contributed by atoms with Crippen molar-refractivity contribution in [1.82, 2.24) is 9.88 Å². The molecule has 2 aromatic carbocycles. The molecule has 0 spiro atoms. The number of nitrogens with zero attached hydrogens (tertiary/aromatic N) is 2. The molecule has 1 aliphatic rings. The number of pyridine rings is 1. The molecule has 0 radical (unpaired) electrons. The van der Waals surface area contributed by atoms with E-state index in [4.69, 9.17) is 4.74 Å². The molecule has 0 saturated carbocycles. The number of carboxylic acid groups (broad SMARTS) is 1. The van der Waals surface area contributed by atoms with Crippen LogP contribution in [0.15, 0.2) is 59.6 Å². The maximum atomic E-state index is 13.1. The Morgan fingerprint density at radius 3 is 2.78 bits per heavy atom. The standard InChI is InChI=1S/C29H35FN2O3S/c1-35-25-8-11-28-27(19-25)22(12-14-31-28)5-2-4-21-13-16-32(20-23(21)18-29(33)34)15-3-17-36-26-9-6-24(30)7-10-26/h6-12,14,19,21,23H,2-5,13,15-18,20H2,1H3,(H,33,34)/t21-,23+/m1/s1. The Bertz CT molecular complexity index is 1140. The number of halogens is 1. The summed E-state index contributed by atoms with van der Waals surface area (Å²) in [6.07, 6.45) is 7.21. The third-order valence-electron chi connectivity index (χ3n) is 7.17. The summed E-state index contributed by atoms with van der Waals surface area (Å²) < 4.78 is 18.5. The molecule has 0 amide bonds. The molecule has 36 heavy (non-hydrogen) atoms. The van der Waals surface area contributed by atoms with Crippen molar-refractivity contribution in [3.63, 3.8) is 0 Å². The summed E-state index contributed by atoms with van der Waals surface area (Å²) in [6, 6.07) is 14.7. The van der Waals surface area contributed by atoms with Crippen molar-refractivity contribution in [1.29, 1.82) is 0 Å². The first-order chi connectivity index (χ1) is 17.5. The first-order valence-electron chi connectivity index (χ1n) is 12.8. The Balaban J connectivity index is 1.27. The summed E-state index contributed by atoms with van der Waals surface area (Å²) >= 11 is 1.74. The second-order valence-electron chi connectivity index (χ2n) is 9.61. The van der Waals surface area contributed by atoms with E-state index in [9.17, 15) is 14.3 Å². The highest BCUT2D eigenvalue weighted by molar-refractivity contribution is 7.99. The number of rotatable bonds is 12. The van der Waals surface area contributed by atoms with E-state index in [2.05, 4.69) is 22.0 Å². The quantitative estimate of drug-likeness (QED) is 0.228. The number of carbonyl (C=O) groups is 1. The van der Waals surface area contributed by atoms with Crippen LogP contribution in [0.1, 0.15) is 37.7 Å². The Labute approximate surface area is 217 Å². The maximum absolute atomic E-state index is 13.1. The van der Waals surface area contributed by atoms with Gasteiger partial charge in [-0.1, -0.05) is 0 Å². The summed E-state index contributed by atoms with van der Waals surface area (Å²) in [5.74, 6) is 1.53.